The fraction of sp³-hybridized carbons (Fsp3) is 0.417. The second kappa shape index (κ2) is 4.45. The molecular formula is C12H16O3. The largest absolute Gasteiger partial charge is 0.465 e. The van der Waals surface area contributed by atoms with Gasteiger partial charge in [-0.15, -0.1) is 0 Å². The van der Waals surface area contributed by atoms with Crippen LogP contribution >= 0.6 is 0 Å². The summed E-state index contributed by atoms with van der Waals surface area (Å²) in [5.74, 6) is -0.375. The maximum atomic E-state index is 11.3. The summed E-state index contributed by atoms with van der Waals surface area (Å²) in [7, 11) is 1.35. The quantitative estimate of drug-likeness (QED) is 0.757. The Labute approximate surface area is 89.7 Å². The molecule has 0 saturated carbocycles. The first-order valence-corrected chi connectivity index (χ1v) is 4.85. The first-order valence-electron chi connectivity index (χ1n) is 4.85. The number of aliphatic hydroxyl groups is 1. The van der Waals surface area contributed by atoms with Crippen LogP contribution in [0.4, 0.5) is 0 Å². The lowest BCUT2D eigenvalue weighted by Crippen LogP contribution is -2.06. The summed E-state index contributed by atoms with van der Waals surface area (Å²) in [6.45, 7) is 5.52. The Balaban J connectivity index is 3.29. The summed E-state index contributed by atoms with van der Waals surface area (Å²) in [5, 5.41) is 9.56. The fourth-order valence-corrected chi connectivity index (χ4v) is 1.56. The van der Waals surface area contributed by atoms with Gasteiger partial charge in [0, 0.05) is 0 Å². The molecule has 1 rings (SSSR count). The van der Waals surface area contributed by atoms with Crippen molar-refractivity contribution in [2.24, 2.45) is 0 Å². The molecule has 15 heavy (non-hydrogen) atoms. The predicted molar refractivity (Wildman–Crippen MR) is 57.9 cm³/mol. The molecule has 0 aliphatic heterocycles. The highest BCUT2D eigenvalue weighted by Gasteiger charge is 2.13. The Morgan fingerprint density at radius 3 is 2.47 bits per heavy atom. The third-order valence-electron chi connectivity index (χ3n) is 2.58. The standard InChI is InChI=1S/C12H16O3/c1-7-5-10(12(14)15-4)6-11(8(7)2)9(3)13/h5-6,9,13H,1-4H3. The van der Waals surface area contributed by atoms with Gasteiger partial charge in [0.1, 0.15) is 0 Å². The van der Waals surface area contributed by atoms with Gasteiger partial charge >= 0.3 is 5.97 Å². The van der Waals surface area contributed by atoms with Crippen LogP contribution in [-0.2, 0) is 4.74 Å². The van der Waals surface area contributed by atoms with Crippen LogP contribution < -0.4 is 0 Å². The van der Waals surface area contributed by atoms with Crippen molar-refractivity contribution in [2.75, 3.05) is 7.11 Å². The molecular weight excluding hydrogens is 192 g/mol. The lowest BCUT2D eigenvalue weighted by atomic mass is 9.96. The maximum absolute atomic E-state index is 11.3. The van der Waals surface area contributed by atoms with Crippen molar-refractivity contribution in [3.63, 3.8) is 0 Å². The molecule has 0 aliphatic carbocycles. The van der Waals surface area contributed by atoms with Crippen LogP contribution in [0, 0.1) is 13.8 Å². The number of carbonyl (C=O) groups is 1. The highest BCUT2D eigenvalue weighted by Crippen LogP contribution is 2.22. The van der Waals surface area contributed by atoms with Gasteiger partial charge in [-0.3, -0.25) is 0 Å². The summed E-state index contributed by atoms with van der Waals surface area (Å²) >= 11 is 0. The molecule has 0 saturated heterocycles. The van der Waals surface area contributed by atoms with Crippen molar-refractivity contribution in [2.45, 2.75) is 26.9 Å². The first-order chi connectivity index (χ1) is 6.97. The summed E-state index contributed by atoms with van der Waals surface area (Å²) in [6, 6.07) is 3.45. The highest BCUT2D eigenvalue weighted by atomic mass is 16.5. The number of esters is 1. The predicted octanol–water partition coefficient (Wildman–Crippen LogP) is 2.14. The number of rotatable bonds is 2. The van der Waals surface area contributed by atoms with E-state index in [-0.39, 0.29) is 5.97 Å². The van der Waals surface area contributed by atoms with Crippen molar-refractivity contribution in [3.05, 3.63) is 34.4 Å². The van der Waals surface area contributed by atoms with Crippen molar-refractivity contribution < 1.29 is 14.6 Å². The summed E-state index contributed by atoms with van der Waals surface area (Å²) in [6.07, 6.45) is -0.576. The van der Waals surface area contributed by atoms with Crippen molar-refractivity contribution in [1.82, 2.24) is 0 Å². The van der Waals surface area contributed by atoms with Crippen LogP contribution in [0.2, 0.25) is 0 Å². The molecule has 0 aliphatic rings. The number of methoxy groups -OCH3 is 1. The third kappa shape index (κ3) is 2.36. The molecule has 0 fully saturated rings. The van der Waals surface area contributed by atoms with E-state index >= 15 is 0 Å². The molecule has 1 aromatic carbocycles. The van der Waals surface area contributed by atoms with E-state index in [1.54, 1.807) is 19.1 Å². The maximum Gasteiger partial charge on any atom is 0.337 e. The SMILES string of the molecule is COC(=O)c1cc(C)c(C)c(C(C)O)c1. The Morgan fingerprint density at radius 2 is 2.00 bits per heavy atom. The third-order valence-corrected chi connectivity index (χ3v) is 2.58. The average Bonchev–Trinajstić information content (AvgIpc) is 2.20. The van der Waals surface area contributed by atoms with Crippen LogP contribution in [0.5, 0.6) is 0 Å². The summed E-state index contributed by atoms with van der Waals surface area (Å²) in [5.41, 5.74) is 3.25. The molecule has 1 N–H and O–H groups in total. The van der Waals surface area contributed by atoms with E-state index in [0.717, 1.165) is 16.7 Å². The average molecular weight is 208 g/mol. The van der Waals surface area contributed by atoms with E-state index in [1.807, 2.05) is 13.8 Å². The van der Waals surface area contributed by atoms with Crippen molar-refractivity contribution >= 4 is 5.97 Å². The van der Waals surface area contributed by atoms with Gasteiger partial charge in [0.2, 0.25) is 0 Å². The smallest absolute Gasteiger partial charge is 0.337 e. The summed E-state index contributed by atoms with van der Waals surface area (Å²) in [4.78, 5) is 11.3. The lowest BCUT2D eigenvalue weighted by Gasteiger charge is -2.13. The minimum absolute atomic E-state index is 0.375. The van der Waals surface area contributed by atoms with Crippen LogP contribution in [0.25, 0.3) is 0 Å². The van der Waals surface area contributed by atoms with Crippen LogP contribution in [-0.4, -0.2) is 18.2 Å². The van der Waals surface area contributed by atoms with E-state index in [2.05, 4.69) is 4.74 Å². The molecule has 0 aromatic heterocycles. The molecule has 1 atom stereocenters. The number of hydrogen-bond donors (Lipinski definition) is 1. The van der Waals surface area contributed by atoms with Gasteiger partial charge < -0.3 is 9.84 Å². The minimum Gasteiger partial charge on any atom is -0.465 e. The second-order valence-electron chi connectivity index (χ2n) is 3.67. The lowest BCUT2D eigenvalue weighted by molar-refractivity contribution is 0.0600. The monoisotopic (exact) mass is 208 g/mol. The highest BCUT2D eigenvalue weighted by molar-refractivity contribution is 5.90. The molecule has 0 spiro atoms. The molecule has 0 amide bonds. The molecule has 0 heterocycles. The zero-order valence-corrected chi connectivity index (χ0v) is 9.50. The molecule has 1 unspecified atom stereocenters. The minimum atomic E-state index is -0.576. The van der Waals surface area contributed by atoms with Gasteiger partial charge in [-0.25, -0.2) is 4.79 Å². The second-order valence-corrected chi connectivity index (χ2v) is 3.67. The van der Waals surface area contributed by atoms with Gasteiger partial charge in [0.25, 0.3) is 0 Å². The van der Waals surface area contributed by atoms with Crippen molar-refractivity contribution in [1.29, 1.82) is 0 Å². The zero-order chi connectivity index (χ0) is 11.6. The number of aliphatic hydroxyl groups excluding tert-OH is 1. The molecule has 1 aromatic rings. The van der Waals surface area contributed by atoms with Gasteiger partial charge in [-0.2, -0.15) is 0 Å². The Bertz CT molecular complexity index is 381. The number of aryl methyl sites for hydroxylation is 1. The van der Waals surface area contributed by atoms with E-state index in [0.29, 0.717) is 5.56 Å². The van der Waals surface area contributed by atoms with E-state index in [1.165, 1.54) is 7.11 Å². The zero-order valence-electron chi connectivity index (χ0n) is 9.50. The number of ether oxygens (including phenoxy) is 1. The van der Waals surface area contributed by atoms with Gasteiger partial charge in [0.15, 0.2) is 0 Å². The van der Waals surface area contributed by atoms with E-state index in [9.17, 15) is 9.90 Å². The summed E-state index contributed by atoms with van der Waals surface area (Å²) < 4.78 is 4.65. The number of benzene rings is 1. The van der Waals surface area contributed by atoms with Gasteiger partial charge in [0.05, 0.1) is 18.8 Å². The number of carbonyl (C=O) groups excluding carboxylic acids is 1. The van der Waals surface area contributed by atoms with Gasteiger partial charge in [-0.1, -0.05) is 0 Å². The normalized spacial score (nSPS) is 12.3. The van der Waals surface area contributed by atoms with E-state index < -0.39 is 6.10 Å². The Morgan fingerprint density at radius 1 is 1.40 bits per heavy atom. The first kappa shape index (κ1) is 11.7. The molecule has 0 bridgehead atoms. The molecule has 0 radical (unpaired) electrons. The molecule has 3 heteroatoms. The topological polar surface area (TPSA) is 46.5 Å². The fourth-order valence-electron chi connectivity index (χ4n) is 1.56. The van der Waals surface area contributed by atoms with Crippen LogP contribution in [0.3, 0.4) is 0 Å². The Kier molecular flexibility index (Phi) is 3.48. The number of hydrogen-bond acceptors (Lipinski definition) is 3. The van der Waals surface area contributed by atoms with Crippen molar-refractivity contribution in [3.8, 4) is 0 Å². The van der Waals surface area contributed by atoms with Gasteiger partial charge in [-0.05, 0) is 49.6 Å². The van der Waals surface area contributed by atoms with Crippen LogP contribution in [0.15, 0.2) is 12.1 Å². The molecule has 3 nitrogen and oxygen atoms in total. The Hall–Kier alpha value is -1.35. The van der Waals surface area contributed by atoms with Crippen LogP contribution in [0.1, 0.15) is 40.1 Å². The molecule has 82 valence electrons. The van der Waals surface area contributed by atoms with E-state index in [4.69, 9.17) is 0 Å².